The minimum Gasteiger partial charge on any atom is -0.388 e. The first-order valence-electron chi connectivity index (χ1n) is 4.81. The lowest BCUT2D eigenvalue weighted by molar-refractivity contribution is 0.0648. The van der Waals surface area contributed by atoms with Crippen LogP contribution in [-0.2, 0) is 0 Å². The van der Waals surface area contributed by atoms with Crippen molar-refractivity contribution in [2.45, 2.75) is 39.3 Å². The normalized spacial score (nSPS) is 13.8. The van der Waals surface area contributed by atoms with E-state index in [1.165, 1.54) is 0 Å². The fraction of sp³-hybridized carbons (Fsp3) is 0.545. The predicted octanol–water partition coefficient (Wildman–Crippen LogP) is 1.96. The van der Waals surface area contributed by atoms with Crippen LogP contribution in [0.1, 0.15) is 26.3 Å². The molecule has 1 atom stereocenters. The Hall–Kier alpha value is -1.09. The molecule has 1 aromatic heterocycles. The summed E-state index contributed by atoms with van der Waals surface area (Å²) in [6.07, 6.45) is 1.80. The zero-order chi connectivity index (χ0) is 10.8. The molecule has 14 heavy (non-hydrogen) atoms. The molecule has 0 spiro atoms. The highest BCUT2D eigenvalue weighted by molar-refractivity contribution is 5.36. The topological polar surface area (TPSA) is 45.1 Å². The van der Waals surface area contributed by atoms with Crippen molar-refractivity contribution in [3.8, 4) is 0 Å². The SMILES string of the molecule is Cc1ccc(NC(C)C(C)(C)O)nc1. The van der Waals surface area contributed by atoms with Crippen molar-refractivity contribution in [2.24, 2.45) is 0 Å². The van der Waals surface area contributed by atoms with Gasteiger partial charge in [0.05, 0.1) is 11.6 Å². The van der Waals surface area contributed by atoms with E-state index in [0.717, 1.165) is 11.4 Å². The van der Waals surface area contributed by atoms with E-state index in [1.807, 2.05) is 26.0 Å². The summed E-state index contributed by atoms with van der Waals surface area (Å²) < 4.78 is 0. The van der Waals surface area contributed by atoms with Gasteiger partial charge in [-0.25, -0.2) is 4.98 Å². The molecular formula is C11H18N2O. The van der Waals surface area contributed by atoms with Crippen molar-refractivity contribution >= 4 is 5.82 Å². The maximum atomic E-state index is 9.71. The van der Waals surface area contributed by atoms with Crippen molar-refractivity contribution in [3.05, 3.63) is 23.9 Å². The first-order chi connectivity index (χ1) is 6.39. The Labute approximate surface area is 85.2 Å². The van der Waals surface area contributed by atoms with Crippen molar-refractivity contribution < 1.29 is 5.11 Å². The van der Waals surface area contributed by atoms with Crippen molar-refractivity contribution in [1.29, 1.82) is 0 Å². The van der Waals surface area contributed by atoms with Crippen LogP contribution in [0.4, 0.5) is 5.82 Å². The lowest BCUT2D eigenvalue weighted by atomic mass is 10.0. The molecule has 78 valence electrons. The third-order valence-electron chi connectivity index (χ3n) is 2.34. The molecule has 3 nitrogen and oxygen atoms in total. The Morgan fingerprint density at radius 2 is 2.07 bits per heavy atom. The van der Waals surface area contributed by atoms with Gasteiger partial charge >= 0.3 is 0 Å². The predicted molar refractivity (Wildman–Crippen MR) is 58.4 cm³/mol. The van der Waals surface area contributed by atoms with Crippen molar-refractivity contribution in [2.75, 3.05) is 5.32 Å². The average molecular weight is 194 g/mol. The lowest BCUT2D eigenvalue weighted by Crippen LogP contribution is -2.39. The van der Waals surface area contributed by atoms with Crippen molar-refractivity contribution in [1.82, 2.24) is 4.98 Å². The quantitative estimate of drug-likeness (QED) is 0.773. The summed E-state index contributed by atoms with van der Waals surface area (Å²) in [5.41, 5.74) is 0.387. The summed E-state index contributed by atoms with van der Waals surface area (Å²) in [6.45, 7) is 7.48. The lowest BCUT2D eigenvalue weighted by Gasteiger charge is -2.27. The Morgan fingerprint density at radius 1 is 1.43 bits per heavy atom. The smallest absolute Gasteiger partial charge is 0.126 e. The van der Waals surface area contributed by atoms with E-state index in [2.05, 4.69) is 10.3 Å². The van der Waals surface area contributed by atoms with E-state index in [4.69, 9.17) is 0 Å². The largest absolute Gasteiger partial charge is 0.388 e. The zero-order valence-electron chi connectivity index (χ0n) is 9.20. The standard InChI is InChI=1S/C11H18N2O/c1-8-5-6-10(12-7-8)13-9(2)11(3,4)14/h5-7,9,14H,1-4H3,(H,12,13). The van der Waals surface area contributed by atoms with Gasteiger partial charge in [0.15, 0.2) is 0 Å². The molecule has 0 saturated carbocycles. The summed E-state index contributed by atoms with van der Waals surface area (Å²) in [7, 11) is 0. The first-order valence-corrected chi connectivity index (χ1v) is 4.81. The van der Waals surface area contributed by atoms with Crippen LogP contribution in [0, 0.1) is 6.92 Å². The molecule has 0 amide bonds. The molecule has 0 aliphatic carbocycles. The van der Waals surface area contributed by atoms with Gasteiger partial charge in [0.1, 0.15) is 5.82 Å². The van der Waals surface area contributed by atoms with Gasteiger partial charge in [-0.3, -0.25) is 0 Å². The van der Waals surface area contributed by atoms with Gasteiger partial charge < -0.3 is 10.4 Å². The summed E-state index contributed by atoms with van der Waals surface area (Å²) in [5, 5.41) is 12.9. The van der Waals surface area contributed by atoms with Crippen molar-refractivity contribution in [3.63, 3.8) is 0 Å². The molecule has 1 unspecified atom stereocenters. The third kappa shape index (κ3) is 3.00. The second-order valence-electron chi connectivity index (χ2n) is 4.24. The van der Waals surface area contributed by atoms with E-state index in [-0.39, 0.29) is 6.04 Å². The maximum absolute atomic E-state index is 9.71. The second kappa shape index (κ2) is 3.96. The van der Waals surface area contributed by atoms with Crippen LogP contribution in [0.15, 0.2) is 18.3 Å². The van der Waals surface area contributed by atoms with E-state index < -0.39 is 5.60 Å². The van der Waals surface area contributed by atoms with Crippen LogP contribution in [0.3, 0.4) is 0 Å². The monoisotopic (exact) mass is 194 g/mol. The molecule has 0 aliphatic rings. The Bertz CT molecular complexity index is 287. The molecule has 1 aromatic rings. The number of rotatable bonds is 3. The van der Waals surface area contributed by atoms with Gasteiger partial charge in [-0.15, -0.1) is 0 Å². The summed E-state index contributed by atoms with van der Waals surface area (Å²) in [5.74, 6) is 0.797. The maximum Gasteiger partial charge on any atom is 0.126 e. The molecule has 0 fully saturated rings. The van der Waals surface area contributed by atoms with Gasteiger partial charge in [-0.2, -0.15) is 0 Å². The Morgan fingerprint density at radius 3 is 2.50 bits per heavy atom. The molecule has 1 heterocycles. The summed E-state index contributed by atoms with van der Waals surface area (Å²) in [4.78, 5) is 4.21. The van der Waals surface area contributed by atoms with Gasteiger partial charge in [0.2, 0.25) is 0 Å². The highest BCUT2D eigenvalue weighted by atomic mass is 16.3. The highest BCUT2D eigenvalue weighted by Gasteiger charge is 2.21. The van der Waals surface area contributed by atoms with E-state index >= 15 is 0 Å². The first kappa shape index (κ1) is 11.0. The number of pyridine rings is 1. The molecule has 0 aliphatic heterocycles. The highest BCUT2D eigenvalue weighted by Crippen LogP contribution is 2.13. The third-order valence-corrected chi connectivity index (χ3v) is 2.34. The number of anilines is 1. The summed E-state index contributed by atoms with van der Waals surface area (Å²) in [6, 6.07) is 3.88. The number of aromatic nitrogens is 1. The van der Waals surface area contributed by atoms with Gasteiger partial charge in [0, 0.05) is 6.20 Å². The van der Waals surface area contributed by atoms with Gasteiger partial charge in [0.25, 0.3) is 0 Å². The Kier molecular flexibility index (Phi) is 3.11. The minimum atomic E-state index is -0.743. The van der Waals surface area contributed by atoms with E-state index in [1.54, 1.807) is 20.0 Å². The van der Waals surface area contributed by atoms with E-state index in [0.29, 0.717) is 0 Å². The molecule has 3 heteroatoms. The molecule has 0 aromatic carbocycles. The zero-order valence-corrected chi connectivity index (χ0v) is 9.20. The second-order valence-corrected chi connectivity index (χ2v) is 4.24. The molecular weight excluding hydrogens is 176 g/mol. The fourth-order valence-electron chi connectivity index (χ4n) is 0.952. The summed E-state index contributed by atoms with van der Waals surface area (Å²) >= 11 is 0. The van der Waals surface area contributed by atoms with Gasteiger partial charge in [-0.05, 0) is 39.3 Å². The van der Waals surface area contributed by atoms with Crippen LogP contribution < -0.4 is 5.32 Å². The van der Waals surface area contributed by atoms with E-state index in [9.17, 15) is 5.11 Å². The molecule has 0 bridgehead atoms. The fourth-order valence-corrected chi connectivity index (χ4v) is 0.952. The molecule has 1 rings (SSSR count). The van der Waals surface area contributed by atoms with Gasteiger partial charge in [-0.1, -0.05) is 6.07 Å². The molecule has 0 radical (unpaired) electrons. The minimum absolute atomic E-state index is 0.0299. The number of nitrogens with zero attached hydrogens (tertiary/aromatic N) is 1. The van der Waals surface area contributed by atoms with Crippen LogP contribution in [0.5, 0.6) is 0 Å². The van der Waals surface area contributed by atoms with Crippen LogP contribution >= 0.6 is 0 Å². The Balaban J connectivity index is 2.65. The van der Waals surface area contributed by atoms with Crippen LogP contribution in [0.2, 0.25) is 0 Å². The number of aryl methyl sites for hydroxylation is 1. The number of nitrogens with one attached hydrogen (secondary N) is 1. The molecule has 2 N–H and O–H groups in total. The van der Waals surface area contributed by atoms with Crippen LogP contribution in [0.25, 0.3) is 0 Å². The number of aliphatic hydroxyl groups is 1. The number of hydrogen-bond donors (Lipinski definition) is 2. The molecule has 0 saturated heterocycles. The number of hydrogen-bond acceptors (Lipinski definition) is 3. The van der Waals surface area contributed by atoms with Crippen LogP contribution in [-0.4, -0.2) is 21.7 Å². The average Bonchev–Trinajstić information content (AvgIpc) is 2.07.